The summed E-state index contributed by atoms with van der Waals surface area (Å²) in [5.74, 6) is 0.709. The van der Waals surface area contributed by atoms with Gasteiger partial charge in [-0.2, -0.15) is 0 Å². The molecule has 0 saturated carbocycles. The van der Waals surface area contributed by atoms with E-state index in [1.165, 1.54) is 17.2 Å². The van der Waals surface area contributed by atoms with Crippen LogP contribution in [-0.4, -0.2) is 40.9 Å². The Hall–Kier alpha value is -4.24. The van der Waals surface area contributed by atoms with Gasteiger partial charge in [-0.15, -0.1) is 0 Å². The van der Waals surface area contributed by atoms with Gasteiger partial charge in [-0.1, -0.05) is 30.3 Å². The van der Waals surface area contributed by atoms with Crippen LogP contribution in [0.5, 0.6) is 5.75 Å². The first kappa shape index (κ1) is 21.6. The van der Waals surface area contributed by atoms with E-state index in [9.17, 15) is 13.2 Å². The average molecular weight is 473 g/mol. The minimum absolute atomic E-state index is 0.256. The van der Waals surface area contributed by atoms with Crippen LogP contribution >= 0.6 is 0 Å². The molecule has 0 N–H and O–H groups in total. The van der Waals surface area contributed by atoms with E-state index in [1.807, 2.05) is 24.3 Å². The van der Waals surface area contributed by atoms with Crippen LogP contribution in [0, 0.1) is 0 Å². The molecule has 0 amide bonds. The molecule has 170 valence electrons. The number of rotatable bonds is 5. The second-order valence-electron chi connectivity index (χ2n) is 7.72. The van der Waals surface area contributed by atoms with Crippen molar-refractivity contribution in [3.05, 3.63) is 95.8 Å². The maximum atomic E-state index is 13.4. The third kappa shape index (κ3) is 3.75. The molecular formula is C25H20N4O4S. The normalized spacial score (nSPS) is 11.6. The van der Waals surface area contributed by atoms with E-state index in [2.05, 4.69) is 9.97 Å². The van der Waals surface area contributed by atoms with Crippen molar-refractivity contribution in [2.75, 3.05) is 13.4 Å². The first-order valence-electron chi connectivity index (χ1n) is 10.4. The van der Waals surface area contributed by atoms with E-state index in [0.717, 1.165) is 11.3 Å². The van der Waals surface area contributed by atoms with Crippen molar-refractivity contribution in [1.82, 2.24) is 19.1 Å². The summed E-state index contributed by atoms with van der Waals surface area (Å²) in [6.45, 7) is 0. The summed E-state index contributed by atoms with van der Waals surface area (Å²) in [4.78, 5) is 22.3. The monoisotopic (exact) mass is 472 g/mol. The summed E-state index contributed by atoms with van der Waals surface area (Å²) in [6, 6.07) is 21.2. The van der Waals surface area contributed by atoms with Crippen molar-refractivity contribution in [2.45, 2.75) is 4.90 Å². The van der Waals surface area contributed by atoms with Gasteiger partial charge in [0, 0.05) is 17.5 Å². The highest BCUT2D eigenvalue weighted by molar-refractivity contribution is 7.90. The molecule has 0 unspecified atom stereocenters. The second-order valence-corrected chi connectivity index (χ2v) is 9.70. The van der Waals surface area contributed by atoms with Gasteiger partial charge in [0.25, 0.3) is 5.56 Å². The van der Waals surface area contributed by atoms with Gasteiger partial charge < -0.3 is 4.74 Å². The van der Waals surface area contributed by atoms with Crippen molar-refractivity contribution in [1.29, 1.82) is 0 Å². The van der Waals surface area contributed by atoms with Gasteiger partial charge in [-0.25, -0.2) is 18.4 Å². The number of ether oxygens (including phenoxy) is 1. The van der Waals surface area contributed by atoms with Crippen LogP contribution in [0.2, 0.25) is 0 Å². The number of nitrogens with zero attached hydrogens (tertiary/aromatic N) is 4. The van der Waals surface area contributed by atoms with Gasteiger partial charge in [0.15, 0.2) is 21.0 Å². The molecule has 0 saturated heterocycles. The van der Waals surface area contributed by atoms with Crippen LogP contribution in [0.25, 0.3) is 33.7 Å². The smallest absolute Gasteiger partial charge is 0.284 e. The second kappa shape index (κ2) is 8.27. The zero-order valence-corrected chi connectivity index (χ0v) is 19.2. The van der Waals surface area contributed by atoms with Gasteiger partial charge in [0.1, 0.15) is 18.4 Å². The molecule has 34 heavy (non-hydrogen) atoms. The van der Waals surface area contributed by atoms with Crippen molar-refractivity contribution in [3.63, 3.8) is 0 Å². The SMILES string of the molecule is COc1ccc(-n2cnc3ncn(-c4ccc(-c5ccccc5S(C)(=O)=O)cc4)c(=O)c32)cc1. The lowest BCUT2D eigenvalue weighted by Gasteiger charge is -2.10. The third-order valence-corrected chi connectivity index (χ3v) is 6.71. The number of hydrogen-bond donors (Lipinski definition) is 0. The van der Waals surface area contributed by atoms with Crippen molar-refractivity contribution in [2.24, 2.45) is 0 Å². The van der Waals surface area contributed by atoms with Crippen molar-refractivity contribution in [3.8, 4) is 28.3 Å². The lowest BCUT2D eigenvalue weighted by Crippen LogP contribution is -2.20. The Balaban J connectivity index is 1.58. The minimum atomic E-state index is -3.39. The summed E-state index contributed by atoms with van der Waals surface area (Å²) < 4.78 is 32.7. The number of sulfone groups is 1. The van der Waals surface area contributed by atoms with E-state index in [1.54, 1.807) is 66.5 Å². The first-order valence-corrected chi connectivity index (χ1v) is 12.2. The largest absolute Gasteiger partial charge is 0.497 e. The molecule has 0 aliphatic carbocycles. The van der Waals surface area contributed by atoms with Gasteiger partial charge in [-0.3, -0.25) is 13.9 Å². The fourth-order valence-electron chi connectivity index (χ4n) is 3.86. The number of hydrogen-bond acceptors (Lipinski definition) is 6. The number of imidazole rings is 1. The van der Waals surface area contributed by atoms with Gasteiger partial charge in [0.2, 0.25) is 0 Å². The van der Waals surface area contributed by atoms with Crippen LogP contribution < -0.4 is 10.3 Å². The molecule has 5 rings (SSSR count). The van der Waals surface area contributed by atoms with Crippen LogP contribution in [0.4, 0.5) is 0 Å². The van der Waals surface area contributed by atoms with E-state index < -0.39 is 9.84 Å². The molecule has 2 aromatic heterocycles. The van der Waals surface area contributed by atoms with E-state index in [-0.39, 0.29) is 10.5 Å². The fraction of sp³-hybridized carbons (Fsp3) is 0.0800. The summed E-state index contributed by atoms with van der Waals surface area (Å²) in [6.07, 6.45) is 4.19. The molecule has 0 aliphatic rings. The standard InChI is InChI=1S/C25H20N4O4S/c1-33-20-13-11-18(12-14-20)28-15-26-24-23(28)25(30)29(16-27-24)19-9-7-17(8-10-19)21-5-3-4-6-22(21)34(2,31)32/h3-16H,1-2H3. The summed E-state index contributed by atoms with van der Waals surface area (Å²) >= 11 is 0. The third-order valence-electron chi connectivity index (χ3n) is 5.56. The van der Waals surface area contributed by atoms with Gasteiger partial charge in [0.05, 0.1) is 17.7 Å². The zero-order chi connectivity index (χ0) is 23.9. The first-order chi connectivity index (χ1) is 16.4. The van der Waals surface area contributed by atoms with E-state index in [0.29, 0.717) is 28.2 Å². The molecule has 5 aromatic rings. The van der Waals surface area contributed by atoms with Crippen molar-refractivity contribution < 1.29 is 13.2 Å². The Morgan fingerprint density at radius 2 is 1.38 bits per heavy atom. The maximum Gasteiger partial charge on any atom is 0.284 e. The lowest BCUT2D eigenvalue weighted by molar-refractivity contribution is 0.415. The predicted octanol–water partition coefficient (Wildman–Crippen LogP) is 3.65. The number of fused-ring (bicyclic) bond motifs is 1. The number of aromatic nitrogens is 4. The molecular weight excluding hydrogens is 452 g/mol. The molecule has 9 heteroatoms. The van der Waals surface area contributed by atoms with Gasteiger partial charge in [-0.05, 0) is 48.0 Å². The molecule has 0 bridgehead atoms. The molecule has 8 nitrogen and oxygen atoms in total. The Morgan fingerprint density at radius 1 is 0.794 bits per heavy atom. The van der Waals surface area contributed by atoms with E-state index >= 15 is 0 Å². The van der Waals surface area contributed by atoms with Crippen LogP contribution in [-0.2, 0) is 9.84 Å². The topological polar surface area (TPSA) is 96.1 Å². The Morgan fingerprint density at radius 3 is 2.03 bits per heavy atom. The molecule has 3 aromatic carbocycles. The Labute approximate surface area is 195 Å². The highest BCUT2D eigenvalue weighted by Gasteiger charge is 2.16. The zero-order valence-electron chi connectivity index (χ0n) is 18.4. The maximum absolute atomic E-state index is 13.4. The number of methoxy groups -OCH3 is 1. The average Bonchev–Trinajstić information content (AvgIpc) is 3.29. The molecule has 0 spiro atoms. The quantitative estimate of drug-likeness (QED) is 0.387. The summed E-state index contributed by atoms with van der Waals surface area (Å²) in [7, 11) is -1.79. The molecule has 2 heterocycles. The molecule has 0 fully saturated rings. The molecule has 0 aliphatic heterocycles. The van der Waals surface area contributed by atoms with Crippen LogP contribution in [0.1, 0.15) is 0 Å². The van der Waals surface area contributed by atoms with E-state index in [4.69, 9.17) is 4.74 Å². The number of benzene rings is 3. The Bertz CT molecular complexity index is 1670. The van der Waals surface area contributed by atoms with Gasteiger partial charge >= 0.3 is 0 Å². The predicted molar refractivity (Wildman–Crippen MR) is 130 cm³/mol. The van der Waals surface area contributed by atoms with Crippen LogP contribution in [0.3, 0.4) is 0 Å². The summed E-state index contributed by atoms with van der Waals surface area (Å²) in [5, 5.41) is 0. The molecule has 0 radical (unpaired) electrons. The summed E-state index contributed by atoms with van der Waals surface area (Å²) in [5.41, 5.74) is 3.11. The minimum Gasteiger partial charge on any atom is -0.497 e. The highest BCUT2D eigenvalue weighted by atomic mass is 32.2. The fourth-order valence-corrected chi connectivity index (χ4v) is 4.77. The Kier molecular flexibility index (Phi) is 5.25. The van der Waals surface area contributed by atoms with Crippen molar-refractivity contribution >= 4 is 21.0 Å². The molecule has 0 atom stereocenters. The lowest BCUT2D eigenvalue weighted by atomic mass is 10.1. The highest BCUT2D eigenvalue weighted by Crippen LogP contribution is 2.28. The van der Waals surface area contributed by atoms with Crippen LogP contribution in [0.15, 0.2) is 95.1 Å².